The number of nitrogens with one attached hydrogen (secondary N) is 1. The third-order valence-electron chi connectivity index (χ3n) is 6.04. The van der Waals surface area contributed by atoms with Crippen molar-refractivity contribution in [1.82, 2.24) is 5.32 Å². The van der Waals surface area contributed by atoms with Crippen LogP contribution in [-0.4, -0.2) is 41.0 Å². The number of hydrogen-bond donors (Lipinski definition) is 4. The maximum absolute atomic E-state index is 11.6. The third-order valence-corrected chi connectivity index (χ3v) is 6.04. The van der Waals surface area contributed by atoms with Crippen molar-refractivity contribution in [3.63, 3.8) is 0 Å². The molecule has 0 bridgehead atoms. The number of fused-ring (bicyclic) bond motifs is 1. The molecule has 0 saturated carbocycles. The summed E-state index contributed by atoms with van der Waals surface area (Å²) in [5.74, 6) is -0.301. The van der Waals surface area contributed by atoms with Gasteiger partial charge in [0.05, 0.1) is 5.69 Å². The zero-order valence-corrected chi connectivity index (χ0v) is 21.0. The Bertz CT molecular complexity index is 1390. The Kier molecular flexibility index (Phi) is 7.96. The summed E-state index contributed by atoms with van der Waals surface area (Å²) in [5, 5.41) is 25.9. The van der Waals surface area contributed by atoms with Crippen LogP contribution in [0.3, 0.4) is 0 Å². The SMILES string of the molecule is CC(C)(Cc1ccc2ccccc2c1)NCC(O)COc1ccc(C(=O)O)c(Oc2ccccc2N)c1. The van der Waals surface area contributed by atoms with Gasteiger partial charge >= 0.3 is 5.97 Å². The molecule has 1 unspecified atom stereocenters. The number of hydrogen-bond acceptors (Lipinski definition) is 6. The third kappa shape index (κ3) is 7.00. The normalized spacial score (nSPS) is 12.3. The fraction of sp³-hybridized carbons (Fsp3) is 0.233. The molecular formula is C30H32N2O5. The van der Waals surface area contributed by atoms with E-state index in [0.29, 0.717) is 23.7 Å². The molecule has 7 heteroatoms. The fourth-order valence-corrected chi connectivity index (χ4v) is 4.11. The molecule has 0 amide bonds. The number of nitrogens with two attached hydrogens (primary N) is 1. The lowest BCUT2D eigenvalue weighted by atomic mass is 9.93. The number of aromatic carboxylic acids is 1. The van der Waals surface area contributed by atoms with Gasteiger partial charge in [-0.15, -0.1) is 0 Å². The molecule has 0 aliphatic heterocycles. The van der Waals surface area contributed by atoms with E-state index in [1.165, 1.54) is 34.5 Å². The van der Waals surface area contributed by atoms with Crippen LogP contribution < -0.4 is 20.5 Å². The summed E-state index contributed by atoms with van der Waals surface area (Å²) >= 11 is 0. The van der Waals surface area contributed by atoms with Crippen LogP contribution in [-0.2, 0) is 6.42 Å². The largest absolute Gasteiger partial charge is 0.491 e. The topological polar surface area (TPSA) is 114 Å². The number of benzene rings is 4. The van der Waals surface area contributed by atoms with Crippen LogP contribution in [0.25, 0.3) is 10.8 Å². The van der Waals surface area contributed by atoms with Crippen LogP contribution in [0, 0.1) is 0 Å². The van der Waals surface area contributed by atoms with Crippen molar-refractivity contribution in [3.05, 3.63) is 96.1 Å². The van der Waals surface area contributed by atoms with E-state index in [1.54, 1.807) is 24.3 Å². The molecular weight excluding hydrogens is 468 g/mol. The average molecular weight is 501 g/mol. The molecule has 0 spiro atoms. The van der Waals surface area contributed by atoms with Crippen molar-refractivity contribution < 1.29 is 24.5 Å². The Morgan fingerprint density at radius 1 is 0.946 bits per heavy atom. The highest BCUT2D eigenvalue weighted by atomic mass is 16.5. The van der Waals surface area contributed by atoms with Crippen LogP contribution in [0.5, 0.6) is 17.2 Å². The first-order valence-electron chi connectivity index (χ1n) is 12.1. The van der Waals surface area contributed by atoms with E-state index in [9.17, 15) is 15.0 Å². The predicted octanol–water partition coefficient (Wildman–Crippen LogP) is 5.26. The molecule has 4 aromatic rings. The van der Waals surface area contributed by atoms with Crippen molar-refractivity contribution in [2.24, 2.45) is 0 Å². The van der Waals surface area contributed by atoms with Crippen molar-refractivity contribution in [3.8, 4) is 17.2 Å². The number of nitrogen functional groups attached to an aromatic ring is 1. The Morgan fingerprint density at radius 3 is 2.43 bits per heavy atom. The van der Waals surface area contributed by atoms with Crippen LogP contribution in [0.2, 0.25) is 0 Å². The van der Waals surface area contributed by atoms with Gasteiger partial charge in [0.2, 0.25) is 0 Å². The maximum Gasteiger partial charge on any atom is 0.339 e. The van der Waals surface area contributed by atoms with Crippen LogP contribution >= 0.6 is 0 Å². The number of rotatable bonds is 11. The number of ether oxygens (including phenoxy) is 2. The molecule has 37 heavy (non-hydrogen) atoms. The lowest BCUT2D eigenvalue weighted by molar-refractivity contribution is 0.0693. The number of anilines is 1. The minimum Gasteiger partial charge on any atom is -0.491 e. The summed E-state index contributed by atoms with van der Waals surface area (Å²) in [6.07, 6.45) is 0.0231. The summed E-state index contributed by atoms with van der Waals surface area (Å²) < 4.78 is 11.5. The van der Waals surface area contributed by atoms with Gasteiger partial charge in [-0.1, -0.05) is 54.6 Å². The van der Waals surface area contributed by atoms with Gasteiger partial charge in [0, 0.05) is 18.2 Å². The first kappa shape index (κ1) is 26.0. The minimum absolute atomic E-state index is 0.0201. The molecule has 0 saturated heterocycles. The number of para-hydroxylation sites is 2. The number of carboxylic acid groups (broad SMARTS) is 1. The van der Waals surface area contributed by atoms with Gasteiger partial charge in [0.25, 0.3) is 0 Å². The van der Waals surface area contributed by atoms with Gasteiger partial charge in [0.15, 0.2) is 0 Å². The van der Waals surface area contributed by atoms with E-state index >= 15 is 0 Å². The molecule has 0 aliphatic carbocycles. The highest BCUT2D eigenvalue weighted by Gasteiger charge is 2.20. The number of β-amino-alcohol motifs (C(OH)–C–C–N with tert-alkyl or cyclic N) is 1. The molecule has 0 radical (unpaired) electrons. The van der Waals surface area contributed by atoms with Crippen molar-refractivity contribution in [2.75, 3.05) is 18.9 Å². The molecule has 5 N–H and O–H groups in total. The molecule has 0 aliphatic rings. The van der Waals surface area contributed by atoms with Gasteiger partial charge in [-0.3, -0.25) is 0 Å². The summed E-state index contributed by atoms with van der Waals surface area (Å²) in [5.41, 5.74) is 7.26. The first-order valence-corrected chi connectivity index (χ1v) is 12.1. The second kappa shape index (κ2) is 11.3. The summed E-state index contributed by atoms with van der Waals surface area (Å²) in [6.45, 7) is 4.55. The summed E-state index contributed by atoms with van der Waals surface area (Å²) in [6, 6.07) is 26.0. The zero-order chi connectivity index (χ0) is 26.4. The van der Waals surface area contributed by atoms with E-state index < -0.39 is 12.1 Å². The second-order valence-corrected chi connectivity index (χ2v) is 9.69. The highest BCUT2D eigenvalue weighted by Crippen LogP contribution is 2.32. The van der Waals surface area contributed by atoms with E-state index in [4.69, 9.17) is 15.2 Å². The summed E-state index contributed by atoms with van der Waals surface area (Å²) in [7, 11) is 0. The quantitative estimate of drug-likeness (QED) is 0.208. The van der Waals surface area contributed by atoms with Crippen molar-refractivity contribution >= 4 is 22.4 Å². The molecule has 1 atom stereocenters. The van der Waals surface area contributed by atoms with Crippen molar-refractivity contribution in [2.45, 2.75) is 31.9 Å². The number of aliphatic hydroxyl groups is 1. The molecule has 7 nitrogen and oxygen atoms in total. The lowest BCUT2D eigenvalue weighted by Gasteiger charge is -2.28. The van der Waals surface area contributed by atoms with Gasteiger partial charge in [-0.2, -0.15) is 0 Å². The summed E-state index contributed by atoms with van der Waals surface area (Å²) in [4.78, 5) is 11.6. The Morgan fingerprint density at radius 2 is 1.68 bits per heavy atom. The number of aliphatic hydroxyl groups excluding tert-OH is 1. The molecule has 0 aromatic heterocycles. The molecule has 0 fully saturated rings. The molecule has 4 rings (SSSR count). The monoisotopic (exact) mass is 500 g/mol. The van der Waals surface area contributed by atoms with Crippen molar-refractivity contribution in [1.29, 1.82) is 0 Å². The smallest absolute Gasteiger partial charge is 0.339 e. The lowest BCUT2D eigenvalue weighted by Crippen LogP contribution is -2.46. The fourth-order valence-electron chi connectivity index (χ4n) is 4.11. The van der Waals surface area contributed by atoms with Crippen LogP contribution in [0.1, 0.15) is 29.8 Å². The molecule has 4 aromatic carbocycles. The maximum atomic E-state index is 11.6. The van der Waals surface area contributed by atoms with Gasteiger partial charge in [-0.05, 0) is 60.9 Å². The zero-order valence-electron chi connectivity index (χ0n) is 21.0. The standard InChI is InChI=1S/C30H32N2O5/c1-30(2,17-20-11-12-21-7-3-4-8-22(21)15-20)32-18-23(33)19-36-24-13-14-25(29(34)35)28(16-24)37-27-10-6-5-9-26(27)31/h3-16,23,32-33H,17-19,31H2,1-2H3,(H,34,35). The number of carbonyl (C=O) groups is 1. The van der Waals surface area contributed by atoms with Gasteiger partial charge < -0.3 is 30.7 Å². The molecule has 192 valence electrons. The second-order valence-electron chi connectivity index (χ2n) is 9.69. The van der Waals surface area contributed by atoms with Gasteiger partial charge in [-0.25, -0.2) is 4.79 Å². The van der Waals surface area contributed by atoms with E-state index in [2.05, 4.69) is 49.5 Å². The molecule has 0 heterocycles. The average Bonchev–Trinajstić information content (AvgIpc) is 2.87. The Hall–Kier alpha value is -4.07. The Balaban J connectivity index is 1.34. The minimum atomic E-state index is -1.13. The van der Waals surface area contributed by atoms with E-state index in [-0.39, 0.29) is 23.5 Å². The Labute approximate surface area is 216 Å². The van der Waals surface area contributed by atoms with E-state index in [0.717, 1.165) is 6.42 Å². The van der Waals surface area contributed by atoms with E-state index in [1.807, 2.05) is 12.1 Å². The van der Waals surface area contributed by atoms with Crippen LogP contribution in [0.4, 0.5) is 5.69 Å². The number of carboxylic acids is 1. The predicted molar refractivity (Wildman–Crippen MR) is 146 cm³/mol. The van der Waals surface area contributed by atoms with Crippen LogP contribution in [0.15, 0.2) is 84.9 Å². The highest BCUT2D eigenvalue weighted by molar-refractivity contribution is 5.91. The first-order chi connectivity index (χ1) is 17.7. The van der Waals surface area contributed by atoms with Gasteiger partial charge in [0.1, 0.15) is 35.5 Å².